The first-order valence-corrected chi connectivity index (χ1v) is 7.18. The lowest BCUT2D eigenvalue weighted by atomic mass is 10.2. The molecule has 0 bridgehead atoms. The number of aromatic nitrogens is 2. The molecule has 0 atom stereocenters. The fourth-order valence-electron chi connectivity index (χ4n) is 1.94. The fourth-order valence-corrected chi connectivity index (χ4v) is 2.70. The zero-order chi connectivity index (χ0) is 13.7. The second-order valence-electron chi connectivity index (χ2n) is 4.36. The van der Waals surface area contributed by atoms with E-state index in [4.69, 9.17) is 10.9 Å². The Balaban J connectivity index is 2.15. The van der Waals surface area contributed by atoms with E-state index in [1.807, 2.05) is 18.5 Å². The maximum atomic E-state index is 8.78. The first-order chi connectivity index (χ1) is 9.26. The molecule has 0 amide bonds. The van der Waals surface area contributed by atoms with E-state index < -0.39 is 0 Å². The van der Waals surface area contributed by atoms with Gasteiger partial charge in [-0.1, -0.05) is 0 Å². The highest BCUT2D eigenvalue weighted by atomic mass is 32.1. The van der Waals surface area contributed by atoms with Crippen molar-refractivity contribution < 1.29 is 5.11 Å². The molecule has 0 unspecified atom stereocenters. The van der Waals surface area contributed by atoms with Gasteiger partial charge in [-0.15, -0.1) is 11.3 Å². The first-order valence-electron chi connectivity index (χ1n) is 6.30. The van der Waals surface area contributed by atoms with Crippen LogP contribution in [0.4, 0.5) is 11.8 Å². The number of hydrogen-bond acceptors (Lipinski definition) is 7. The number of rotatable bonds is 7. The van der Waals surface area contributed by atoms with Crippen LogP contribution in [0.25, 0.3) is 10.2 Å². The average Bonchev–Trinajstić information content (AvgIpc) is 2.90. The normalized spacial score (nSPS) is 10.9. The zero-order valence-electron chi connectivity index (χ0n) is 11.0. The Kier molecular flexibility index (Phi) is 4.89. The Morgan fingerprint density at radius 2 is 2.21 bits per heavy atom. The van der Waals surface area contributed by atoms with Gasteiger partial charge in [0.15, 0.2) is 0 Å². The summed E-state index contributed by atoms with van der Waals surface area (Å²) in [6, 6.07) is 2.03. The molecule has 2 heterocycles. The lowest BCUT2D eigenvalue weighted by Crippen LogP contribution is -2.21. The number of thiophene rings is 1. The standard InChI is InChI=1S/C12H19N5OS/c1-17(6-3-2-4-7-18)10-9-5-8-19-11(9)15-12(14-10)16-13/h5,8,18H,2-4,6-7,13H2,1H3,(H,14,15,16). The van der Waals surface area contributed by atoms with Crippen molar-refractivity contribution in [2.24, 2.45) is 5.84 Å². The Bertz CT molecular complexity index is 530. The molecular weight excluding hydrogens is 262 g/mol. The molecule has 0 aliphatic heterocycles. The van der Waals surface area contributed by atoms with Gasteiger partial charge in [-0.3, -0.25) is 5.43 Å². The molecule has 0 aliphatic carbocycles. The number of aliphatic hydroxyl groups excluding tert-OH is 1. The number of nitrogens with one attached hydrogen (secondary N) is 1. The van der Waals surface area contributed by atoms with E-state index in [2.05, 4.69) is 20.3 Å². The summed E-state index contributed by atoms with van der Waals surface area (Å²) < 4.78 is 0. The zero-order valence-corrected chi connectivity index (χ0v) is 11.8. The number of hydrazine groups is 1. The number of aliphatic hydroxyl groups is 1. The number of hydrogen-bond donors (Lipinski definition) is 3. The van der Waals surface area contributed by atoms with Gasteiger partial charge < -0.3 is 10.0 Å². The minimum atomic E-state index is 0.257. The van der Waals surface area contributed by atoms with Crippen molar-refractivity contribution in [3.63, 3.8) is 0 Å². The molecule has 0 spiro atoms. The van der Waals surface area contributed by atoms with Gasteiger partial charge in [0.05, 0.1) is 5.39 Å². The molecule has 4 N–H and O–H groups in total. The average molecular weight is 281 g/mol. The molecule has 6 nitrogen and oxygen atoms in total. The molecule has 19 heavy (non-hydrogen) atoms. The summed E-state index contributed by atoms with van der Waals surface area (Å²) in [7, 11) is 2.01. The molecule has 0 saturated carbocycles. The first kappa shape index (κ1) is 14.0. The predicted molar refractivity (Wildman–Crippen MR) is 79.4 cm³/mol. The summed E-state index contributed by atoms with van der Waals surface area (Å²) >= 11 is 1.57. The number of nitrogen functional groups attached to an aromatic ring is 1. The van der Waals surface area contributed by atoms with Crippen LogP contribution in [0.1, 0.15) is 19.3 Å². The van der Waals surface area contributed by atoms with Crippen molar-refractivity contribution in [2.75, 3.05) is 30.5 Å². The summed E-state index contributed by atoms with van der Waals surface area (Å²) in [6.45, 7) is 1.15. The maximum Gasteiger partial charge on any atom is 0.240 e. The van der Waals surface area contributed by atoms with Crippen LogP contribution in [0.3, 0.4) is 0 Å². The Morgan fingerprint density at radius 1 is 1.37 bits per heavy atom. The van der Waals surface area contributed by atoms with Crippen LogP contribution in [0.15, 0.2) is 11.4 Å². The summed E-state index contributed by atoms with van der Waals surface area (Å²) in [5, 5.41) is 11.8. The van der Waals surface area contributed by atoms with E-state index in [-0.39, 0.29) is 6.61 Å². The summed E-state index contributed by atoms with van der Waals surface area (Å²) in [6.07, 6.45) is 2.89. The number of fused-ring (bicyclic) bond motifs is 1. The molecule has 0 aromatic carbocycles. The topological polar surface area (TPSA) is 87.3 Å². The Morgan fingerprint density at radius 3 is 2.95 bits per heavy atom. The van der Waals surface area contributed by atoms with Crippen molar-refractivity contribution in [1.29, 1.82) is 0 Å². The van der Waals surface area contributed by atoms with Crippen LogP contribution >= 0.6 is 11.3 Å². The summed E-state index contributed by atoms with van der Waals surface area (Å²) in [5.74, 6) is 6.73. The van der Waals surface area contributed by atoms with E-state index in [0.717, 1.165) is 41.8 Å². The number of nitrogens with two attached hydrogens (primary N) is 1. The van der Waals surface area contributed by atoms with Crippen LogP contribution < -0.4 is 16.2 Å². The smallest absolute Gasteiger partial charge is 0.240 e. The molecule has 0 fully saturated rings. The Hall–Kier alpha value is -1.44. The van der Waals surface area contributed by atoms with Crippen molar-refractivity contribution in [2.45, 2.75) is 19.3 Å². The molecule has 2 rings (SSSR count). The number of nitrogens with zero attached hydrogens (tertiary/aromatic N) is 3. The van der Waals surface area contributed by atoms with Crippen LogP contribution in [0.5, 0.6) is 0 Å². The predicted octanol–water partition coefficient (Wildman–Crippen LogP) is 1.58. The van der Waals surface area contributed by atoms with E-state index >= 15 is 0 Å². The minimum Gasteiger partial charge on any atom is -0.396 e. The molecule has 0 saturated heterocycles. The number of unbranched alkanes of at least 4 members (excludes halogenated alkanes) is 2. The van der Waals surface area contributed by atoms with E-state index in [1.165, 1.54) is 0 Å². The highest BCUT2D eigenvalue weighted by molar-refractivity contribution is 7.16. The Labute approximate surface area is 116 Å². The summed E-state index contributed by atoms with van der Waals surface area (Å²) in [5.41, 5.74) is 2.51. The second-order valence-corrected chi connectivity index (χ2v) is 5.25. The van der Waals surface area contributed by atoms with E-state index in [1.54, 1.807) is 11.3 Å². The van der Waals surface area contributed by atoms with E-state index in [0.29, 0.717) is 5.95 Å². The molecule has 2 aromatic heterocycles. The van der Waals surface area contributed by atoms with Gasteiger partial charge in [0, 0.05) is 20.2 Å². The third-order valence-electron chi connectivity index (χ3n) is 2.95. The summed E-state index contributed by atoms with van der Waals surface area (Å²) in [4.78, 5) is 11.8. The highest BCUT2D eigenvalue weighted by Gasteiger charge is 2.11. The monoisotopic (exact) mass is 281 g/mol. The van der Waals surface area contributed by atoms with E-state index in [9.17, 15) is 0 Å². The molecule has 2 aromatic rings. The molecule has 7 heteroatoms. The molecule has 0 radical (unpaired) electrons. The molecular formula is C12H19N5OS. The number of anilines is 2. The van der Waals surface area contributed by atoms with Gasteiger partial charge in [0.25, 0.3) is 0 Å². The van der Waals surface area contributed by atoms with Crippen LogP contribution in [-0.4, -0.2) is 35.3 Å². The van der Waals surface area contributed by atoms with Crippen molar-refractivity contribution >= 4 is 33.3 Å². The van der Waals surface area contributed by atoms with Crippen molar-refractivity contribution in [3.8, 4) is 0 Å². The second kappa shape index (κ2) is 6.65. The largest absolute Gasteiger partial charge is 0.396 e. The van der Waals surface area contributed by atoms with Crippen LogP contribution in [-0.2, 0) is 0 Å². The third-order valence-corrected chi connectivity index (χ3v) is 3.75. The van der Waals surface area contributed by atoms with Gasteiger partial charge in [-0.05, 0) is 30.7 Å². The maximum absolute atomic E-state index is 8.78. The van der Waals surface area contributed by atoms with Crippen molar-refractivity contribution in [1.82, 2.24) is 9.97 Å². The lowest BCUT2D eigenvalue weighted by molar-refractivity contribution is 0.283. The minimum absolute atomic E-state index is 0.257. The van der Waals surface area contributed by atoms with Crippen LogP contribution in [0, 0.1) is 0 Å². The van der Waals surface area contributed by atoms with Gasteiger partial charge in [-0.2, -0.15) is 4.98 Å². The fraction of sp³-hybridized carbons (Fsp3) is 0.500. The van der Waals surface area contributed by atoms with Gasteiger partial charge in [0.2, 0.25) is 5.95 Å². The quantitative estimate of drug-likeness (QED) is 0.406. The third kappa shape index (κ3) is 3.31. The van der Waals surface area contributed by atoms with Gasteiger partial charge in [0.1, 0.15) is 10.6 Å². The van der Waals surface area contributed by atoms with Gasteiger partial charge >= 0.3 is 0 Å². The van der Waals surface area contributed by atoms with Crippen LogP contribution in [0.2, 0.25) is 0 Å². The molecule has 0 aliphatic rings. The highest BCUT2D eigenvalue weighted by Crippen LogP contribution is 2.28. The van der Waals surface area contributed by atoms with Gasteiger partial charge in [-0.25, -0.2) is 10.8 Å². The molecule has 104 valence electrons. The lowest BCUT2D eigenvalue weighted by Gasteiger charge is -2.19. The SMILES string of the molecule is CN(CCCCCO)c1nc(NN)nc2sccc12. The van der Waals surface area contributed by atoms with Crippen molar-refractivity contribution in [3.05, 3.63) is 11.4 Å².